The van der Waals surface area contributed by atoms with Gasteiger partial charge in [-0.15, -0.1) is 0 Å². The Hall–Kier alpha value is -1.35. The Labute approximate surface area is 128 Å². The fourth-order valence-corrected chi connectivity index (χ4v) is 3.22. The highest BCUT2D eigenvalue weighted by Crippen LogP contribution is 2.21. The lowest BCUT2D eigenvalue weighted by molar-refractivity contribution is -0.138. The molecule has 0 aliphatic carbocycles. The molecule has 0 spiro atoms. The second kappa shape index (κ2) is 7.60. The van der Waals surface area contributed by atoms with Crippen molar-refractivity contribution in [1.29, 1.82) is 0 Å². The Balaban J connectivity index is 1.87. The smallest absolute Gasteiger partial charge is 0.303 e. The quantitative estimate of drug-likeness (QED) is 0.870. The van der Waals surface area contributed by atoms with Crippen LogP contribution in [0.3, 0.4) is 0 Å². The van der Waals surface area contributed by atoms with Crippen molar-refractivity contribution in [2.75, 3.05) is 13.1 Å². The van der Waals surface area contributed by atoms with E-state index in [0.29, 0.717) is 18.3 Å². The van der Waals surface area contributed by atoms with E-state index in [4.69, 9.17) is 5.11 Å². The van der Waals surface area contributed by atoms with E-state index >= 15 is 0 Å². The molecule has 0 saturated carbocycles. The van der Waals surface area contributed by atoms with Gasteiger partial charge in [-0.3, -0.25) is 9.69 Å². The molecule has 0 aromatic heterocycles. The lowest BCUT2D eigenvalue weighted by atomic mass is 9.94. The Morgan fingerprint density at radius 2 is 1.95 bits per heavy atom. The van der Waals surface area contributed by atoms with E-state index in [2.05, 4.69) is 43.0 Å². The predicted molar refractivity (Wildman–Crippen MR) is 85.2 cm³/mol. The van der Waals surface area contributed by atoms with Gasteiger partial charge in [0.15, 0.2) is 0 Å². The zero-order chi connectivity index (χ0) is 15.2. The normalized spacial score (nSPS) is 19.9. The summed E-state index contributed by atoms with van der Waals surface area (Å²) in [6.45, 7) is 7.43. The molecule has 1 atom stereocenters. The largest absolute Gasteiger partial charge is 0.481 e. The molecule has 1 unspecified atom stereocenters. The van der Waals surface area contributed by atoms with E-state index in [9.17, 15) is 4.79 Å². The number of hydrogen-bond acceptors (Lipinski definition) is 2. The molecule has 1 heterocycles. The van der Waals surface area contributed by atoms with Crippen molar-refractivity contribution in [2.45, 2.75) is 46.1 Å². The number of piperidine rings is 1. The number of carboxylic acid groups (broad SMARTS) is 1. The van der Waals surface area contributed by atoms with Crippen LogP contribution in [0.2, 0.25) is 0 Å². The molecule has 3 heteroatoms. The summed E-state index contributed by atoms with van der Waals surface area (Å²) in [6, 6.07) is 8.90. The molecule has 1 aromatic rings. The average Bonchev–Trinajstić information content (AvgIpc) is 2.40. The summed E-state index contributed by atoms with van der Waals surface area (Å²) >= 11 is 0. The molecule has 1 aliphatic rings. The maximum absolute atomic E-state index is 10.8. The number of rotatable bonds is 6. The van der Waals surface area contributed by atoms with Crippen LogP contribution in [0.5, 0.6) is 0 Å². The van der Waals surface area contributed by atoms with Crippen LogP contribution in [-0.4, -0.2) is 29.1 Å². The maximum Gasteiger partial charge on any atom is 0.303 e. The zero-order valence-corrected chi connectivity index (χ0v) is 13.2. The average molecular weight is 289 g/mol. The molecular weight excluding hydrogens is 262 g/mol. The summed E-state index contributed by atoms with van der Waals surface area (Å²) in [6.07, 6.45) is 3.61. The second-order valence-electron chi connectivity index (χ2n) is 6.76. The molecule has 1 aliphatic heterocycles. The van der Waals surface area contributed by atoms with Gasteiger partial charge < -0.3 is 5.11 Å². The summed E-state index contributed by atoms with van der Waals surface area (Å²) in [5.74, 6) is 0.339. The third-order valence-electron chi connectivity index (χ3n) is 4.14. The summed E-state index contributed by atoms with van der Waals surface area (Å²) < 4.78 is 0. The Bertz CT molecular complexity index is 453. The topological polar surface area (TPSA) is 40.5 Å². The van der Waals surface area contributed by atoms with Crippen molar-refractivity contribution < 1.29 is 9.90 Å². The van der Waals surface area contributed by atoms with Crippen molar-refractivity contribution in [3.8, 4) is 0 Å². The molecule has 1 fully saturated rings. The van der Waals surface area contributed by atoms with Gasteiger partial charge >= 0.3 is 5.97 Å². The lowest BCUT2D eigenvalue weighted by Gasteiger charge is -2.32. The van der Waals surface area contributed by atoms with E-state index in [0.717, 1.165) is 38.9 Å². The summed E-state index contributed by atoms with van der Waals surface area (Å²) in [7, 11) is 0. The summed E-state index contributed by atoms with van der Waals surface area (Å²) in [5, 5.41) is 8.93. The minimum absolute atomic E-state index is 0.309. The van der Waals surface area contributed by atoms with Gasteiger partial charge in [-0.2, -0.15) is 0 Å². The Kier molecular flexibility index (Phi) is 5.80. The van der Waals surface area contributed by atoms with Crippen LogP contribution in [0.25, 0.3) is 0 Å². The van der Waals surface area contributed by atoms with E-state index in [1.807, 2.05) is 0 Å². The monoisotopic (exact) mass is 289 g/mol. The molecule has 116 valence electrons. The van der Waals surface area contributed by atoms with Gasteiger partial charge in [-0.05, 0) is 48.8 Å². The van der Waals surface area contributed by atoms with E-state index in [1.165, 1.54) is 11.1 Å². The molecule has 1 N–H and O–H groups in total. The molecule has 2 rings (SSSR count). The summed E-state index contributed by atoms with van der Waals surface area (Å²) in [5.41, 5.74) is 2.73. The first-order valence-electron chi connectivity index (χ1n) is 8.05. The summed E-state index contributed by atoms with van der Waals surface area (Å²) in [4.78, 5) is 13.2. The van der Waals surface area contributed by atoms with Crippen molar-refractivity contribution >= 4 is 5.97 Å². The van der Waals surface area contributed by atoms with Crippen LogP contribution < -0.4 is 0 Å². The fourth-order valence-electron chi connectivity index (χ4n) is 3.22. The van der Waals surface area contributed by atoms with Crippen molar-refractivity contribution in [3.05, 3.63) is 35.4 Å². The molecule has 1 aromatic carbocycles. The van der Waals surface area contributed by atoms with Gasteiger partial charge in [0.25, 0.3) is 0 Å². The van der Waals surface area contributed by atoms with Gasteiger partial charge in [-0.25, -0.2) is 0 Å². The zero-order valence-electron chi connectivity index (χ0n) is 13.2. The van der Waals surface area contributed by atoms with Crippen molar-refractivity contribution in [3.63, 3.8) is 0 Å². The number of likely N-dealkylation sites (tertiary alicyclic amines) is 1. The van der Waals surface area contributed by atoms with Crippen LogP contribution >= 0.6 is 0 Å². The molecule has 0 radical (unpaired) electrons. The van der Waals surface area contributed by atoms with E-state index in [1.54, 1.807) is 0 Å². The molecule has 21 heavy (non-hydrogen) atoms. The van der Waals surface area contributed by atoms with Crippen LogP contribution in [0.1, 0.15) is 44.2 Å². The van der Waals surface area contributed by atoms with Crippen molar-refractivity contribution in [2.24, 2.45) is 11.8 Å². The van der Waals surface area contributed by atoms with Crippen LogP contribution in [0.4, 0.5) is 0 Å². The first kappa shape index (κ1) is 16.0. The number of benzene rings is 1. The number of carboxylic acids is 1. The third kappa shape index (κ3) is 5.50. The molecule has 1 saturated heterocycles. The number of carbonyl (C=O) groups is 1. The second-order valence-corrected chi connectivity index (χ2v) is 6.76. The van der Waals surface area contributed by atoms with Crippen molar-refractivity contribution in [1.82, 2.24) is 4.90 Å². The van der Waals surface area contributed by atoms with Crippen LogP contribution in [-0.2, 0) is 17.8 Å². The van der Waals surface area contributed by atoms with Gasteiger partial charge in [0.2, 0.25) is 0 Å². The standard InChI is InChI=1S/C18H27NO2/c1-14(2)10-15-5-7-16(8-6-15)12-19-9-3-4-17(13-19)11-18(20)21/h5-8,14,17H,3-4,9-13H2,1-2H3,(H,20,21). The van der Waals surface area contributed by atoms with Gasteiger partial charge in [0, 0.05) is 19.5 Å². The highest BCUT2D eigenvalue weighted by atomic mass is 16.4. The Morgan fingerprint density at radius 1 is 1.29 bits per heavy atom. The highest BCUT2D eigenvalue weighted by molar-refractivity contribution is 5.67. The Morgan fingerprint density at radius 3 is 2.57 bits per heavy atom. The number of hydrogen-bond donors (Lipinski definition) is 1. The minimum atomic E-state index is -0.667. The van der Waals surface area contributed by atoms with E-state index < -0.39 is 5.97 Å². The maximum atomic E-state index is 10.8. The SMILES string of the molecule is CC(C)Cc1ccc(CN2CCCC(CC(=O)O)C2)cc1. The lowest BCUT2D eigenvalue weighted by Crippen LogP contribution is -2.35. The minimum Gasteiger partial charge on any atom is -0.481 e. The van der Waals surface area contributed by atoms with Gasteiger partial charge in [-0.1, -0.05) is 38.1 Å². The number of aliphatic carboxylic acids is 1. The molecular formula is C18H27NO2. The highest BCUT2D eigenvalue weighted by Gasteiger charge is 2.21. The van der Waals surface area contributed by atoms with Gasteiger partial charge in [0.1, 0.15) is 0 Å². The first-order chi connectivity index (χ1) is 10.0. The number of nitrogens with zero attached hydrogens (tertiary/aromatic N) is 1. The van der Waals surface area contributed by atoms with Gasteiger partial charge in [0.05, 0.1) is 0 Å². The van der Waals surface area contributed by atoms with Crippen LogP contribution in [0, 0.1) is 11.8 Å². The molecule has 0 amide bonds. The first-order valence-corrected chi connectivity index (χ1v) is 8.05. The third-order valence-corrected chi connectivity index (χ3v) is 4.14. The predicted octanol–water partition coefficient (Wildman–Crippen LogP) is 3.57. The molecule has 0 bridgehead atoms. The van der Waals surface area contributed by atoms with E-state index in [-0.39, 0.29) is 0 Å². The molecule has 3 nitrogen and oxygen atoms in total. The fraction of sp³-hybridized carbons (Fsp3) is 0.611. The van der Waals surface area contributed by atoms with Crippen LogP contribution in [0.15, 0.2) is 24.3 Å².